The number of amides is 1. The summed E-state index contributed by atoms with van der Waals surface area (Å²) in [7, 11) is 0. The highest BCUT2D eigenvalue weighted by atomic mass is 19.1. The Morgan fingerprint density at radius 1 is 0.966 bits per heavy atom. The molecule has 4 rings (SSSR count). The highest BCUT2D eigenvalue weighted by Crippen LogP contribution is 2.24. The average Bonchev–Trinajstić information content (AvgIpc) is 2.74. The van der Waals surface area contributed by atoms with Crippen molar-refractivity contribution < 1.29 is 13.9 Å². The molecule has 29 heavy (non-hydrogen) atoms. The van der Waals surface area contributed by atoms with Crippen molar-refractivity contribution in [3.63, 3.8) is 0 Å². The standard InChI is InChI=1S/C22H21FN4O2/c1-16-24-20(15-21(25-16)29-17-7-3-2-4-8-17)26-11-13-27(14-12-26)22(28)18-9-5-6-10-19(18)23/h2-10,15H,11-14H2,1H3. The number of aryl methyl sites for hydroxylation is 1. The number of para-hydroxylation sites is 1. The monoisotopic (exact) mass is 392 g/mol. The number of anilines is 1. The Kier molecular flexibility index (Phi) is 5.37. The van der Waals surface area contributed by atoms with Gasteiger partial charge in [-0.15, -0.1) is 0 Å². The van der Waals surface area contributed by atoms with Crippen LogP contribution in [0.15, 0.2) is 60.7 Å². The lowest BCUT2D eigenvalue weighted by atomic mass is 10.1. The lowest BCUT2D eigenvalue weighted by molar-refractivity contribution is 0.0741. The number of halogens is 1. The van der Waals surface area contributed by atoms with E-state index in [0.29, 0.717) is 43.6 Å². The molecule has 1 aromatic heterocycles. The lowest BCUT2D eigenvalue weighted by Gasteiger charge is -2.35. The number of carbonyl (C=O) groups excluding carboxylic acids is 1. The van der Waals surface area contributed by atoms with Crippen molar-refractivity contribution in [3.8, 4) is 11.6 Å². The molecule has 2 heterocycles. The maximum absolute atomic E-state index is 13.9. The zero-order chi connectivity index (χ0) is 20.2. The Hall–Kier alpha value is -3.48. The van der Waals surface area contributed by atoms with Gasteiger partial charge in [0, 0.05) is 32.2 Å². The van der Waals surface area contributed by atoms with E-state index in [4.69, 9.17) is 4.74 Å². The zero-order valence-corrected chi connectivity index (χ0v) is 16.1. The minimum Gasteiger partial charge on any atom is -0.439 e. The third-order valence-electron chi connectivity index (χ3n) is 4.76. The summed E-state index contributed by atoms with van der Waals surface area (Å²) in [6, 6.07) is 17.3. The van der Waals surface area contributed by atoms with E-state index >= 15 is 0 Å². The van der Waals surface area contributed by atoms with Gasteiger partial charge in [0.2, 0.25) is 5.88 Å². The van der Waals surface area contributed by atoms with Gasteiger partial charge in [-0.1, -0.05) is 30.3 Å². The van der Waals surface area contributed by atoms with E-state index in [2.05, 4.69) is 14.9 Å². The Morgan fingerprint density at radius 2 is 1.66 bits per heavy atom. The van der Waals surface area contributed by atoms with Crippen molar-refractivity contribution in [3.05, 3.63) is 77.9 Å². The van der Waals surface area contributed by atoms with Crippen LogP contribution in [0.5, 0.6) is 11.6 Å². The third-order valence-corrected chi connectivity index (χ3v) is 4.76. The molecule has 0 aliphatic carbocycles. The SMILES string of the molecule is Cc1nc(Oc2ccccc2)cc(N2CCN(C(=O)c3ccccc3F)CC2)n1. The highest BCUT2D eigenvalue weighted by Gasteiger charge is 2.25. The van der Waals surface area contributed by atoms with Gasteiger partial charge < -0.3 is 14.5 Å². The molecule has 1 aliphatic heterocycles. The quantitative estimate of drug-likeness (QED) is 0.678. The van der Waals surface area contributed by atoms with Crippen LogP contribution in [0.2, 0.25) is 0 Å². The van der Waals surface area contributed by atoms with Crippen molar-refractivity contribution >= 4 is 11.7 Å². The summed E-state index contributed by atoms with van der Waals surface area (Å²) in [5, 5.41) is 0. The predicted molar refractivity (Wildman–Crippen MR) is 108 cm³/mol. The summed E-state index contributed by atoms with van der Waals surface area (Å²) < 4.78 is 19.8. The minimum absolute atomic E-state index is 0.109. The van der Waals surface area contributed by atoms with Crippen LogP contribution in [0.25, 0.3) is 0 Å². The molecular weight excluding hydrogens is 371 g/mol. The van der Waals surface area contributed by atoms with Crippen LogP contribution < -0.4 is 9.64 Å². The van der Waals surface area contributed by atoms with Gasteiger partial charge in [-0.05, 0) is 31.2 Å². The fraction of sp³-hybridized carbons (Fsp3) is 0.227. The second kappa shape index (κ2) is 8.26. The molecule has 2 aromatic carbocycles. The fourth-order valence-electron chi connectivity index (χ4n) is 3.29. The molecule has 0 N–H and O–H groups in total. The number of piperazine rings is 1. The summed E-state index contributed by atoms with van der Waals surface area (Å²) in [6.07, 6.45) is 0. The van der Waals surface area contributed by atoms with Crippen molar-refractivity contribution in [1.82, 2.24) is 14.9 Å². The predicted octanol–water partition coefficient (Wildman–Crippen LogP) is 3.68. The number of aromatic nitrogens is 2. The van der Waals surface area contributed by atoms with Gasteiger partial charge in [-0.25, -0.2) is 9.37 Å². The van der Waals surface area contributed by atoms with Gasteiger partial charge in [-0.3, -0.25) is 4.79 Å². The van der Waals surface area contributed by atoms with E-state index in [-0.39, 0.29) is 11.5 Å². The molecule has 1 fully saturated rings. The number of rotatable bonds is 4. The first kappa shape index (κ1) is 18.9. The van der Waals surface area contributed by atoms with Gasteiger partial charge in [0.1, 0.15) is 23.2 Å². The van der Waals surface area contributed by atoms with E-state index in [9.17, 15) is 9.18 Å². The lowest BCUT2D eigenvalue weighted by Crippen LogP contribution is -2.49. The molecule has 1 aliphatic rings. The van der Waals surface area contributed by atoms with Gasteiger partial charge in [0.05, 0.1) is 5.56 Å². The molecule has 0 saturated carbocycles. The van der Waals surface area contributed by atoms with Crippen LogP contribution >= 0.6 is 0 Å². The number of hydrogen-bond donors (Lipinski definition) is 0. The Labute approximate surface area is 168 Å². The maximum Gasteiger partial charge on any atom is 0.256 e. The van der Waals surface area contributed by atoms with Crippen LogP contribution in [-0.2, 0) is 0 Å². The number of ether oxygens (including phenoxy) is 1. The molecule has 7 heteroatoms. The molecular formula is C22H21FN4O2. The van der Waals surface area contributed by atoms with E-state index in [1.54, 1.807) is 23.1 Å². The van der Waals surface area contributed by atoms with Crippen LogP contribution in [0.4, 0.5) is 10.2 Å². The zero-order valence-electron chi connectivity index (χ0n) is 16.1. The number of nitrogens with zero attached hydrogens (tertiary/aromatic N) is 4. The highest BCUT2D eigenvalue weighted by molar-refractivity contribution is 5.94. The van der Waals surface area contributed by atoms with Crippen molar-refractivity contribution in [2.75, 3.05) is 31.1 Å². The first-order chi connectivity index (χ1) is 14.1. The number of benzene rings is 2. The van der Waals surface area contributed by atoms with Gasteiger partial charge in [0.25, 0.3) is 5.91 Å². The Balaban J connectivity index is 1.44. The summed E-state index contributed by atoms with van der Waals surface area (Å²) in [4.78, 5) is 25.2. The summed E-state index contributed by atoms with van der Waals surface area (Å²) in [5.74, 6) is 1.77. The fourth-order valence-corrected chi connectivity index (χ4v) is 3.29. The molecule has 148 valence electrons. The smallest absolute Gasteiger partial charge is 0.256 e. The topological polar surface area (TPSA) is 58.6 Å². The average molecular weight is 392 g/mol. The van der Waals surface area contributed by atoms with Crippen LogP contribution in [-0.4, -0.2) is 47.0 Å². The molecule has 0 spiro atoms. The normalized spacial score (nSPS) is 14.0. The molecule has 0 bridgehead atoms. The third kappa shape index (κ3) is 4.34. The van der Waals surface area contributed by atoms with E-state index in [0.717, 1.165) is 5.82 Å². The molecule has 1 amide bonds. The van der Waals surface area contributed by atoms with Crippen LogP contribution in [0.3, 0.4) is 0 Å². The second-order valence-corrected chi connectivity index (χ2v) is 6.79. The number of carbonyl (C=O) groups is 1. The van der Waals surface area contributed by atoms with Gasteiger partial charge in [-0.2, -0.15) is 4.98 Å². The van der Waals surface area contributed by atoms with E-state index in [1.165, 1.54) is 12.1 Å². The first-order valence-corrected chi connectivity index (χ1v) is 9.47. The summed E-state index contributed by atoms with van der Waals surface area (Å²) >= 11 is 0. The van der Waals surface area contributed by atoms with E-state index in [1.807, 2.05) is 37.3 Å². The van der Waals surface area contributed by atoms with Gasteiger partial charge in [0.15, 0.2) is 0 Å². The maximum atomic E-state index is 13.9. The second-order valence-electron chi connectivity index (χ2n) is 6.79. The van der Waals surface area contributed by atoms with Crippen molar-refractivity contribution in [2.24, 2.45) is 0 Å². The molecule has 0 radical (unpaired) electrons. The Morgan fingerprint density at radius 3 is 2.38 bits per heavy atom. The van der Waals surface area contributed by atoms with Gasteiger partial charge >= 0.3 is 0 Å². The van der Waals surface area contributed by atoms with Crippen LogP contribution in [0, 0.1) is 12.7 Å². The van der Waals surface area contributed by atoms with E-state index < -0.39 is 5.82 Å². The molecule has 6 nitrogen and oxygen atoms in total. The molecule has 0 atom stereocenters. The molecule has 3 aromatic rings. The molecule has 0 unspecified atom stereocenters. The molecule has 1 saturated heterocycles. The largest absolute Gasteiger partial charge is 0.439 e. The Bertz CT molecular complexity index is 1000. The minimum atomic E-state index is -0.492. The first-order valence-electron chi connectivity index (χ1n) is 9.47. The van der Waals surface area contributed by atoms with Crippen molar-refractivity contribution in [2.45, 2.75) is 6.92 Å². The van der Waals surface area contributed by atoms with Crippen LogP contribution in [0.1, 0.15) is 16.2 Å². The summed E-state index contributed by atoms with van der Waals surface area (Å²) in [5.41, 5.74) is 0.109. The summed E-state index contributed by atoms with van der Waals surface area (Å²) in [6.45, 7) is 4.00. The van der Waals surface area contributed by atoms with Crippen molar-refractivity contribution in [1.29, 1.82) is 0 Å². The number of hydrogen-bond acceptors (Lipinski definition) is 5.